The Balaban J connectivity index is 1.96. The lowest BCUT2D eigenvalue weighted by Gasteiger charge is -2.27. The third-order valence-corrected chi connectivity index (χ3v) is 6.31. The number of nitrogens with zero attached hydrogens (tertiary/aromatic N) is 1. The van der Waals surface area contributed by atoms with Crippen molar-refractivity contribution < 1.29 is 9.59 Å². The smallest absolute Gasteiger partial charge is 0.257 e. The summed E-state index contributed by atoms with van der Waals surface area (Å²) in [6.45, 7) is 10.0. The van der Waals surface area contributed by atoms with E-state index in [0.29, 0.717) is 22.4 Å². The van der Waals surface area contributed by atoms with Crippen molar-refractivity contribution in [1.29, 1.82) is 0 Å². The molecular weight excluding hydrogens is 380 g/mol. The first-order valence-corrected chi connectivity index (χ1v) is 11.5. The third kappa shape index (κ3) is 5.27. The van der Waals surface area contributed by atoms with Gasteiger partial charge in [-0.2, -0.15) is 0 Å². The van der Waals surface area contributed by atoms with Gasteiger partial charge in [-0.15, -0.1) is 11.3 Å². The van der Waals surface area contributed by atoms with E-state index in [1.807, 2.05) is 23.1 Å². The number of carbonyl (C=O) groups is 2. The summed E-state index contributed by atoms with van der Waals surface area (Å²) in [6, 6.07) is 9.20. The molecule has 0 radical (unpaired) electrons. The lowest BCUT2D eigenvalue weighted by Crippen LogP contribution is -2.37. The summed E-state index contributed by atoms with van der Waals surface area (Å²) in [5, 5.41) is 3.77. The Morgan fingerprint density at radius 3 is 2.24 bits per heavy atom. The largest absolute Gasteiger partial charge is 0.338 e. The van der Waals surface area contributed by atoms with Crippen LogP contribution >= 0.6 is 11.3 Å². The van der Waals surface area contributed by atoms with Gasteiger partial charge in [0.05, 0.1) is 5.56 Å². The maximum Gasteiger partial charge on any atom is 0.257 e. The molecule has 156 valence electrons. The summed E-state index contributed by atoms with van der Waals surface area (Å²) in [5.74, 6) is 0.705. The van der Waals surface area contributed by atoms with Crippen molar-refractivity contribution in [3.05, 3.63) is 51.9 Å². The van der Waals surface area contributed by atoms with Crippen molar-refractivity contribution in [1.82, 2.24) is 4.90 Å². The van der Waals surface area contributed by atoms with E-state index in [-0.39, 0.29) is 11.8 Å². The molecule has 1 N–H and O–H groups in total. The number of thiophene rings is 1. The number of carbonyl (C=O) groups excluding carboxylic acids is 2. The van der Waals surface area contributed by atoms with Gasteiger partial charge in [0.1, 0.15) is 5.00 Å². The Bertz CT molecular complexity index is 845. The Morgan fingerprint density at radius 1 is 1.00 bits per heavy atom. The lowest BCUT2D eigenvalue weighted by atomic mass is 9.94. The van der Waals surface area contributed by atoms with Gasteiger partial charge in [-0.3, -0.25) is 9.59 Å². The molecule has 1 aliphatic carbocycles. The number of amides is 2. The molecule has 1 heterocycles. The van der Waals surface area contributed by atoms with Gasteiger partial charge in [-0.25, -0.2) is 0 Å². The van der Waals surface area contributed by atoms with Crippen molar-refractivity contribution in [3.63, 3.8) is 0 Å². The van der Waals surface area contributed by atoms with E-state index in [9.17, 15) is 9.59 Å². The molecule has 0 unspecified atom stereocenters. The van der Waals surface area contributed by atoms with E-state index < -0.39 is 0 Å². The summed E-state index contributed by atoms with van der Waals surface area (Å²) in [4.78, 5) is 29.7. The lowest BCUT2D eigenvalue weighted by molar-refractivity contribution is 0.0715. The SMILES string of the molecule is CC(C)CN(CC(C)C)C(=O)c1c(NC(=O)c2ccccc2)sc2c1CCCC2. The fourth-order valence-electron chi connectivity index (χ4n) is 3.93. The average Bonchev–Trinajstić information content (AvgIpc) is 3.04. The molecule has 0 atom stereocenters. The highest BCUT2D eigenvalue weighted by Gasteiger charge is 2.30. The molecule has 0 bridgehead atoms. The van der Waals surface area contributed by atoms with Gasteiger partial charge < -0.3 is 10.2 Å². The number of anilines is 1. The molecule has 5 heteroatoms. The van der Waals surface area contributed by atoms with E-state index in [0.717, 1.165) is 49.9 Å². The van der Waals surface area contributed by atoms with Gasteiger partial charge in [-0.1, -0.05) is 45.9 Å². The average molecular weight is 413 g/mol. The maximum atomic E-state index is 13.7. The zero-order valence-electron chi connectivity index (χ0n) is 18.0. The quantitative estimate of drug-likeness (QED) is 0.640. The standard InChI is InChI=1S/C24H32N2O2S/c1-16(2)14-26(15-17(3)4)24(28)21-19-12-8-9-13-20(19)29-23(21)25-22(27)18-10-6-5-7-11-18/h5-7,10-11,16-17H,8-9,12-15H2,1-4H3,(H,25,27). The Labute approximate surface area is 178 Å². The van der Waals surface area contributed by atoms with Crippen molar-refractivity contribution >= 4 is 28.2 Å². The van der Waals surface area contributed by atoms with Crippen LogP contribution in [-0.2, 0) is 12.8 Å². The molecule has 1 aromatic carbocycles. The monoisotopic (exact) mass is 412 g/mol. The zero-order chi connectivity index (χ0) is 21.0. The van der Waals surface area contributed by atoms with Crippen LogP contribution in [-0.4, -0.2) is 29.8 Å². The number of benzene rings is 1. The molecule has 1 aliphatic rings. The van der Waals surface area contributed by atoms with Crippen molar-refractivity contribution in [2.45, 2.75) is 53.4 Å². The minimum absolute atomic E-state index is 0.0650. The van der Waals surface area contributed by atoms with Crippen LogP contribution in [0.25, 0.3) is 0 Å². The van der Waals surface area contributed by atoms with Gasteiger partial charge in [-0.05, 0) is 55.2 Å². The van der Waals surface area contributed by atoms with Crippen LogP contribution in [0.3, 0.4) is 0 Å². The van der Waals surface area contributed by atoms with Crippen molar-refractivity contribution in [2.75, 3.05) is 18.4 Å². The number of nitrogens with one attached hydrogen (secondary N) is 1. The fourth-order valence-corrected chi connectivity index (χ4v) is 5.20. The zero-order valence-corrected chi connectivity index (χ0v) is 18.8. The van der Waals surface area contributed by atoms with Crippen LogP contribution in [0.15, 0.2) is 30.3 Å². The highest BCUT2D eigenvalue weighted by molar-refractivity contribution is 7.17. The Morgan fingerprint density at radius 2 is 1.62 bits per heavy atom. The molecule has 0 saturated heterocycles. The van der Waals surface area contributed by atoms with E-state index in [4.69, 9.17) is 0 Å². The summed E-state index contributed by atoms with van der Waals surface area (Å²) < 4.78 is 0. The third-order valence-electron chi connectivity index (χ3n) is 5.11. The van der Waals surface area contributed by atoms with E-state index in [1.54, 1.807) is 23.5 Å². The molecule has 1 aromatic heterocycles. The molecule has 3 rings (SSSR count). The van der Waals surface area contributed by atoms with Gasteiger partial charge in [0.2, 0.25) is 0 Å². The predicted octanol–water partition coefficient (Wildman–Crippen LogP) is 5.63. The van der Waals surface area contributed by atoms with Gasteiger partial charge in [0, 0.05) is 23.5 Å². The van der Waals surface area contributed by atoms with E-state index in [2.05, 4.69) is 33.0 Å². The summed E-state index contributed by atoms with van der Waals surface area (Å²) in [7, 11) is 0. The number of hydrogen-bond donors (Lipinski definition) is 1. The van der Waals surface area contributed by atoms with Crippen molar-refractivity contribution in [2.24, 2.45) is 11.8 Å². The van der Waals surface area contributed by atoms with Gasteiger partial charge in [0.15, 0.2) is 0 Å². The number of rotatable bonds is 7. The van der Waals surface area contributed by atoms with Crippen molar-refractivity contribution in [3.8, 4) is 0 Å². The van der Waals surface area contributed by atoms with Crippen LogP contribution in [0.5, 0.6) is 0 Å². The first kappa shape index (κ1) is 21.6. The fraction of sp³-hybridized carbons (Fsp3) is 0.500. The molecule has 2 amide bonds. The second kappa shape index (κ2) is 9.57. The van der Waals surface area contributed by atoms with E-state index >= 15 is 0 Å². The number of fused-ring (bicyclic) bond motifs is 1. The minimum atomic E-state index is -0.155. The highest BCUT2D eigenvalue weighted by Crippen LogP contribution is 2.39. The normalized spacial score (nSPS) is 13.4. The summed E-state index contributed by atoms with van der Waals surface area (Å²) in [6.07, 6.45) is 4.17. The van der Waals surface area contributed by atoms with Crippen LogP contribution in [0.2, 0.25) is 0 Å². The van der Waals surface area contributed by atoms with Gasteiger partial charge >= 0.3 is 0 Å². The molecule has 0 spiro atoms. The minimum Gasteiger partial charge on any atom is -0.338 e. The Kier molecular flexibility index (Phi) is 7.12. The van der Waals surface area contributed by atoms with Crippen LogP contribution in [0.1, 0.15) is 71.7 Å². The molecule has 0 aliphatic heterocycles. The molecule has 29 heavy (non-hydrogen) atoms. The number of aryl methyl sites for hydroxylation is 1. The first-order chi connectivity index (χ1) is 13.9. The molecular formula is C24H32N2O2S. The topological polar surface area (TPSA) is 49.4 Å². The van der Waals surface area contributed by atoms with Gasteiger partial charge in [0.25, 0.3) is 11.8 Å². The molecule has 2 aromatic rings. The highest BCUT2D eigenvalue weighted by atomic mass is 32.1. The second-order valence-electron chi connectivity index (χ2n) is 8.73. The Hall–Kier alpha value is -2.14. The van der Waals surface area contributed by atoms with Crippen LogP contribution < -0.4 is 5.32 Å². The number of hydrogen-bond acceptors (Lipinski definition) is 3. The maximum absolute atomic E-state index is 13.7. The second-order valence-corrected chi connectivity index (χ2v) is 9.84. The molecule has 0 fully saturated rings. The van der Waals surface area contributed by atoms with Crippen LogP contribution in [0, 0.1) is 11.8 Å². The molecule has 4 nitrogen and oxygen atoms in total. The van der Waals surface area contributed by atoms with Crippen LogP contribution in [0.4, 0.5) is 5.00 Å². The summed E-state index contributed by atoms with van der Waals surface area (Å²) >= 11 is 1.59. The predicted molar refractivity (Wildman–Crippen MR) is 121 cm³/mol. The first-order valence-electron chi connectivity index (χ1n) is 10.7. The van der Waals surface area contributed by atoms with E-state index in [1.165, 1.54) is 4.88 Å². The summed E-state index contributed by atoms with van der Waals surface area (Å²) in [5.41, 5.74) is 2.50. The molecule has 0 saturated carbocycles.